The van der Waals surface area contributed by atoms with Crippen molar-refractivity contribution in [1.29, 1.82) is 0 Å². The minimum atomic E-state index is -0.194. The molecule has 0 aliphatic carbocycles. The summed E-state index contributed by atoms with van der Waals surface area (Å²) in [6.45, 7) is 3.48. The number of nitrogens with one attached hydrogen (secondary N) is 1. The van der Waals surface area contributed by atoms with Crippen LogP contribution < -0.4 is 5.32 Å². The number of carbonyl (C=O) groups is 1. The highest BCUT2D eigenvalue weighted by molar-refractivity contribution is 5.91. The predicted octanol–water partition coefficient (Wildman–Crippen LogP) is 1.26. The topological polar surface area (TPSA) is 78.3 Å². The highest BCUT2D eigenvalue weighted by Gasteiger charge is 2.03. The van der Waals surface area contributed by atoms with E-state index in [2.05, 4.69) is 15.4 Å². The van der Waals surface area contributed by atoms with Gasteiger partial charge >= 0.3 is 0 Å². The first kappa shape index (κ1) is 15.1. The minimum absolute atomic E-state index is 0.0118. The summed E-state index contributed by atoms with van der Waals surface area (Å²) in [5, 5.41) is 6.78. The predicted molar refractivity (Wildman–Crippen MR) is 77.3 cm³/mol. The van der Waals surface area contributed by atoms with Gasteiger partial charge in [-0.15, -0.1) is 0 Å². The molecule has 2 rings (SSSR count). The van der Waals surface area contributed by atoms with Crippen molar-refractivity contribution in [3.05, 3.63) is 36.9 Å². The summed E-state index contributed by atoms with van der Waals surface area (Å²) in [7, 11) is 0. The third-order valence-electron chi connectivity index (χ3n) is 2.64. The van der Waals surface area contributed by atoms with E-state index in [9.17, 15) is 4.79 Å². The maximum atomic E-state index is 11.7. The number of anilines is 1. The first-order valence-corrected chi connectivity index (χ1v) is 6.70. The summed E-state index contributed by atoms with van der Waals surface area (Å²) in [5.74, 6) is -0.194. The van der Waals surface area contributed by atoms with Crippen molar-refractivity contribution in [2.75, 3.05) is 31.7 Å². The normalized spacial score (nSPS) is 10.5. The second-order valence-electron chi connectivity index (χ2n) is 4.18. The van der Waals surface area contributed by atoms with Crippen LogP contribution in [0.5, 0.6) is 0 Å². The molecule has 0 unspecified atom stereocenters. The van der Waals surface area contributed by atoms with Gasteiger partial charge in [0.25, 0.3) is 0 Å². The maximum absolute atomic E-state index is 11.7. The molecular weight excluding hydrogens is 272 g/mol. The largest absolute Gasteiger partial charge is 0.379 e. The van der Waals surface area contributed by atoms with Crippen LogP contribution in [0.25, 0.3) is 5.69 Å². The Morgan fingerprint density at radius 1 is 1.24 bits per heavy atom. The zero-order valence-corrected chi connectivity index (χ0v) is 11.9. The van der Waals surface area contributed by atoms with Gasteiger partial charge in [0, 0.05) is 12.3 Å². The SMILES string of the molecule is CCOCCOCC(=O)Nc1ccc(-n2cncn2)cc1. The lowest BCUT2D eigenvalue weighted by Gasteiger charge is -2.07. The Morgan fingerprint density at radius 3 is 2.67 bits per heavy atom. The van der Waals surface area contributed by atoms with E-state index in [0.29, 0.717) is 25.5 Å². The number of aromatic nitrogens is 3. The number of hydrogen-bond donors (Lipinski definition) is 1. The summed E-state index contributed by atoms with van der Waals surface area (Å²) < 4.78 is 11.9. The second kappa shape index (κ2) is 8.13. The smallest absolute Gasteiger partial charge is 0.250 e. The van der Waals surface area contributed by atoms with Crippen LogP contribution in [-0.4, -0.2) is 47.1 Å². The number of amides is 1. The maximum Gasteiger partial charge on any atom is 0.250 e. The van der Waals surface area contributed by atoms with Gasteiger partial charge in [0.2, 0.25) is 5.91 Å². The summed E-state index contributed by atoms with van der Waals surface area (Å²) in [5.41, 5.74) is 1.58. The van der Waals surface area contributed by atoms with Gasteiger partial charge in [-0.05, 0) is 31.2 Å². The molecule has 0 spiro atoms. The molecule has 0 radical (unpaired) electrons. The molecule has 0 bridgehead atoms. The van der Waals surface area contributed by atoms with E-state index in [4.69, 9.17) is 9.47 Å². The van der Waals surface area contributed by atoms with Crippen LogP contribution in [-0.2, 0) is 14.3 Å². The number of nitrogens with zero attached hydrogens (tertiary/aromatic N) is 3. The van der Waals surface area contributed by atoms with Crippen LogP contribution >= 0.6 is 0 Å². The van der Waals surface area contributed by atoms with E-state index in [1.54, 1.807) is 23.1 Å². The van der Waals surface area contributed by atoms with E-state index in [1.165, 1.54) is 6.33 Å². The lowest BCUT2D eigenvalue weighted by molar-refractivity contribution is -0.121. The molecule has 1 N–H and O–H groups in total. The quantitative estimate of drug-likeness (QED) is 0.740. The molecule has 21 heavy (non-hydrogen) atoms. The van der Waals surface area contributed by atoms with Gasteiger partial charge in [0.1, 0.15) is 19.3 Å². The lowest BCUT2D eigenvalue weighted by Crippen LogP contribution is -2.19. The molecule has 1 aromatic carbocycles. The van der Waals surface area contributed by atoms with Crippen molar-refractivity contribution < 1.29 is 14.3 Å². The zero-order chi connectivity index (χ0) is 14.9. The molecule has 7 heteroatoms. The van der Waals surface area contributed by atoms with Gasteiger partial charge in [-0.1, -0.05) is 0 Å². The van der Waals surface area contributed by atoms with E-state index >= 15 is 0 Å². The first-order valence-electron chi connectivity index (χ1n) is 6.70. The fourth-order valence-corrected chi connectivity index (χ4v) is 1.66. The zero-order valence-electron chi connectivity index (χ0n) is 11.9. The second-order valence-corrected chi connectivity index (χ2v) is 4.18. The number of carbonyl (C=O) groups excluding carboxylic acids is 1. The number of hydrogen-bond acceptors (Lipinski definition) is 5. The van der Waals surface area contributed by atoms with Crippen LogP contribution in [0.4, 0.5) is 5.69 Å². The molecule has 0 fully saturated rings. The van der Waals surface area contributed by atoms with Crippen molar-refractivity contribution >= 4 is 11.6 Å². The Hall–Kier alpha value is -2.25. The molecule has 2 aromatic rings. The summed E-state index contributed by atoms with van der Waals surface area (Å²) >= 11 is 0. The Balaban J connectivity index is 1.76. The monoisotopic (exact) mass is 290 g/mol. The van der Waals surface area contributed by atoms with E-state index in [0.717, 1.165) is 5.69 Å². The van der Waals surface area contributed by atoms with Crippen LogP contribution in [0.1, 0.15) is 6.92 Å². The van der Waals surface area contributed by atoms with E-state index in [1.807, 2.05) is 19.1 Å². The van der Waals surface area contributed by atoms with Gasteiger partial charge in [-0.3, -0.25) is 4.79 Å². The van der Waals surface area contributed by atoms with E-state index < -0.39 is 0 Å². The molecule has 7 nitrogen and oxygen atoms in total. The molecule has 112 valence electrons. The van der Waals surface area contributed by atoms with Crippen molar-refractivity contribution in [3.8, 4) is 5.69 Å². The molecule has 0 saturated carbocycles. The average Bonchev–Trinajstić information content (AvgIpc) is 3.02. The summed E-state index contributed by atoms with van der Waals surface area (Å²) in [6.07, 6.45) is 3.08. The first-order chi connectivity index (χ1) is 10.3. The Morgan fingerprint density at radius 2 is 2.00 bits per heavy atom. The van der Waals surface area contributed by atoms with Gasteiger partial charge in [-0.2, -0.15) is 5.10 Å². The standard InChI is InChI=1S/C14H18N4O3/c1-2-20-7-8-21-9-14(19)17-12-3-5-13(6-4-12)18-11-15-10-16-18/h3-6,10-11H,2,7-9H2,1H3,(H,17,19). The van der Waals surface area contributed by atoms with Gasteiger partial charge in [0.05, 0.1) is 18.9 Å². The van der Waals surface area contributed by atoms with Crippen LogP contribution in [0.3, 0.4) is 0 Å². The number of ether oxygens (including phenoxy) is 2. The van der Waals surface area contributed by atoms with E-state index in [-0.39, 0.29) is 12.5 Å². The lowest BCUT2D eigenvalue weighted by atomic mass is 10.3. The van der Waals surface area contributed by atoms with Gasteiger partial charge in [-0.25, -0.2) is 9.67 Å². The number of rotatable bonds is 8. The molecule has 0 aliphatic heterocycles. The van der Waals surface area contributed by atoms with Gasteiger partial charge in [0.15, 0.2) is 0 Å². The third-order valence-corrected chi connectivity index (χ3v) is 2.64. The molecule has 0 atom stereocenters. The molecule has 1 aromatic heterocycles. The van der Waals surface area contributed by atoms with Crippen molar-refractivity contribution in [3.63, 3.8) is 0 Å². The van der Waals surface area contributed by atoms with Crippen molar-refractivity contribution in [2.45, 2.75) is 6.92 Å². The summed E-state index contributed by atoms with van der Waals surface area (Å²) in [6, 6.07) is 7.30. The van der Waals surface area contributed by atoms with Gasteiger partial charge < -0.3 is 14.8 Å². The molecule has 0 saturated heterocycles. The average molecular weight is 290 g/mol. The molecule has 1 amide bonds. The number of benzene rings is 1. The Kier molecular flexibility index (Phi) is 5.86. The van der Waals surface area contributed by atoms with Crippen molar-refractivity contribution in [1.82, 2.24) is 14.8 Å². The molecule has 1 heterocycles. The molecular formula is C14H18N4O3. The minimum Gasteiger partial charge on any atom is -0.379 e. The Labute approximate surface area is 122 Å². The molecule has 0 aliphatic rings. The highest BCUT2D eigenvalue weighted by atomic mass is 16.5. The van der Waals surface area contributed by atoms with Crippen LogP contribution in [0, 0.1) is 0 Å². The summed E-state index contributed by atoms with van der Waals surface area (Å²) in [4.78, 5) is 15.5. The third kappa shape index (κ3) is 4.97. The van der Waals surface area contributed by atoms with Crippen LogP contribution in [0.2, 0.25) is 0 Å². The highest BCUT2D eigenvalue weighted by Crippen LogP contribution is 2.11. The fourth-order valence-electron chi connectivity index (χ4n) is 1.66. The van der Waals surface area contributed by atoms with Crippen molar-refractivity contribution in [2.24, 2.45) is 0 Å². The fraction of sp³-hybridized carbons (Fsp3) is 0.357. The Bertz CT molecular complexity index is 540. The van der Waals surface area contributed by atoms with Crippen LogP contribution in [0.15, 0.2) is 36.9 Å².